The highest BCUT2D eigenvalue weighted by Crippen LogP contribution is 2.23. The molecule has 1 fully saturated rings. The number of amides is 1. The van der Waals surface area contributed by atoms with Crippen molar-refractivity contribution in [3.63, 3.8) is 0 Å². The van der Waals surface area contributed by atoms with Crippen molar-refractivity contribution in [2.24, 2.45) is 17.6 Å². The van der Waals surface area contributed by atoms with Gasteiger partial charge in [0.05, 0.1) is 0 Å². The van der Waals surface area contributed by atoms with Crippen LogP contribution in [0.25, 0.3) is 0 Å². The molecular formula is C11H22N2O2. The summed E-state index contributed by atoms with van der Waals surface area (Å²) in [6.45, 7) is 9.90. The molecule has 1 rings (SSSR count). The minimum atomic E-state index is -0.416. The smallest absolute Gasteiger partial charge is 0.410 e. The van der Waals surface area contributed by atoms with E-state index in [1.807, 2.05) is 20.8 Å². The van der Waals surface area contributed by atoms with Crippen LogP contribution in [0.4, 0.5) is 4.79 Å². The van der Waals surface area contributed by atoms with Crippen LogP contribution in [0.3, 0.4) is 0 Å². The van der Waals surface area contributed by atoms with Gasteiger partial charge in [0.25, 0.3) is 0 Å². The van der Waals surface area contributed by atoms with E-state index >= 15 is 0 Å². The molecule has 2 unspecified atom stereocenters. The number of ether oxygens (including phenoxy) is 1. The van der Waals surface area contributed by atoms with Crippen LogP contribution in [-0.4, -0.2) is 36.2 Å². The summed E-state index contributed by atoms with van der Waals surface area (Å²) >= 11 is 0. The molecule has 4 nitrogen and oxygen atoms in total. The largest absolute Gasteiger partial charge is 0.444 e. The lowest BCUT2D eigenvalue weighted by molar-refractivity contribution is 0.0285. The number of rotatable bonds is 1. The molecule has 0 saturated carbocycles. The molecule has 0 aromatic carbocycles. The fourth-order valence-corrected chi connectivity index (χ4v) is 1.82. The third-order valence-corrected chi connectivity index (χ3v) is 2.72. The highest BCUT2D eigenvalue weighted by Gasteiger charge is 2.33. The topological polar surface area (TPSA) is 55.6 Å². The van der Waals surface area contributed by atoms with Crippen LogP contribution in [0.5, 0.6) is 0 Å². The average Bonchev–Trinajstić information content (AvgIpc) is 2.43. The zero-order valence-corrected chi connectivity index (χ0v) is 10.1. The molecule has 1 aliphatic heterocycles. The molecule has 0 aromatic rings. The number of hydrogen-bond donors (Lipinski definition) is 1. The van der Waals surface area contributed by atoms with E-state index in [4.69, 9.17) is 10.5 Å². The van der Waals surface area contributed by atoms with E-state index in [9.17, 15) is 4.79 Å². The molecule has 15 heavy (non-hydrogen) atoms. The van der Waals surface area contributed by atoms with Gasteiger partial charge in [0.1, 0.15) is 5.60 Å². The summed E-state index contributed by atoms with van der Waals surface area (Å²) in [5, 5.41) is 0. The Kier molecular flexibility index (Phi) is 3.60. The van der Waals surface area contributed by atoms with Gasteiger partial charge in [-0.2, -0.15) is 0 Å². The molecule has 2 N–H and O–H groups in total. The summed E-state index contributed by atoms with van der Waals surface area (Å²) in [5.41, 5.74) is 5.22. The molecule has 0 radical (unpaired) electrons. The maximum atomic E-state index is 11.7. The molecule has 1 heterocycles. The van der Waals surface area contributed by atoms with E-state index in [1.165, 1.54) is 0 Å². The van der Waals surface area contributed by atoms with E-state index in [-0.39, 0.29) is 6.09 Å². The monoisotopic (exact) mass is 214 g/mol. The maximum absolute atomic E-state index is 11.7. The maximum Gasteiger partial charge on any atom is 0.410 e. The van der Waals surface area contributed by atoms with Gasteiger partial charge in [-0.25, -0.2) is 4.79 Å². The Morgan fingerprint density at radius 3 is 2.47 bits per heavy atom. The number of likely N-dealkylation sites (tertiary alicyclic amines) is 1. The van der Waals surface area contributed by atoms with Crippen molar-refractivity contribution >= 4 is 6.09 Å². The Morgan fingerprint density at radius 2 is 2.07 bits per heavy atom. The summed E-state index contributed by atoms with van der Waals surface area (Å²) in [4.78, 5) is 13.5. The van der Waals surface area contributed by atoms with Gasteiger partial charge in [0.15, 0.2) is 0 Å². The minimum Gasteiger partial charge on any atom is -0.444 e. The molecule has 4 heteroatoms. The first-order valence-electron chi connectivity index (χ1n) is 5.51. The van der Waals surface area contributed by atoms with Crippen LogP contribution in [-0.2, 0) is 4.74 Å². The zero-order valence-electron chi connectivity index (χ0n) is 10.1. The Hall–Kier alpha value is -0.770. The Bertz CT molecular complexity index is 235. The van der Waals surface area contributed by atoms with Crippen molar-refractivity contribution < 1.29 is 9.53 Å². The van der Waals surface area contributed by atoms with Crippen molar-refractivity contribution in [3.8, 4) is 0 Å². The Morgan fingerprint density at radius 1 is 1.47 bits per heavy atom. The number of nitrogens with two attached hydrogens (primary N) is 1. The first-order valence-corrected chi connectivity index (χ1v) is 5.51. The Balaban J connectivity index is 2.50. The second-order valence-corrected chi connectivity index (χ2v) is 5.36. The number of carbonyl (C=O) groups excluding carboxylic acids is 1. The lowest BCUT2D eigenvalue weighted by atomic mass is 9.99. The van der Waals surface area contributed by atoms with Gasteiger partial charge in [-0.15, -0.1) is 0 Å². The van der Waals surface area contributed by atoms with Crippen molar-refractivity contribution in [2.75, 3.05) is 19.6 Å². The van der Waals surface area contributed by atoms with E-state index in [2.05, 4.69) is 6.92 Å². The first-order chi connectivity index (χ1) is 6.83. The molecule has 0 bridgehead atoms. The highest BCUT2D eigenvalue weighted by molar-refractivity contribution is 5.68. The molecule has 0 spiro atoms. The van der Waals surface area contributed by atoms with E-state index in [0.29, 0.717) is 18.4 Å². The number of nitrogens with zero attached hydrogens (tertiary/aromatic N) is 1. The normalized spacial score (nSPS) is 26.9. The molecule has 88 valence electrons. The predicted octanol–water partition coefficient (Wildman–Crippen LogP) is 1.45. The Labute approximate surface area is 91.8 Å². The van der Waals surface area contributed by atoms with E-state index in [0.717, 1.165) is 13.1 Å². The van der Waals surface area contributed by atoms with Crippen LogP contribution in [0.15, 0.2) is 0 Å². The van der Waals surface area contributed by atoms with Gasteiger partial charge < -0.3 is 15.4 Å². The SMILES string of the molecule is CC1CN(C(=O)OC(C)(C)C)CC1CN. The summed E-state index contributed by atoms with van der Waals surface area (Å²) in [5.74, 6) is 0.889. The lowest BCUT2D eigenvalue weighted by Gasteiger charge is -2.24. The van der Waals surface area contributed by atoms with Gasteiger partial charge >= 0.3 is 6.09 Å². The van der Waals surface area contributed by atoms with Crippen LogP contribution < -0.4 is 5.73 Å². The van der Waals surface area contributed by atoms with Gasteiger partial charge in [-0.3, -0.25) is 0 Å². The molecule has 0 aromatic heterocycles. The van der Waals surface area contributed by atoms with E-state index < -0.39 is 5.60 Å². The second-order valence-electron chi connectivity index (χ2n) is 5.36. The number of carbonyl (C=O) groups is 1. The zero-order chi connectivity index (χ0) is 11.6. The average molecular weight is 214 g/mol. The molecule has 1 aliphatic rings. The number of hydrogen-bond acceptors (Lipinski definition) is 3. The molecule has 2 atom stereocenters. The van der Waals surface area contributed by atoms with Crippen molar-refractivity contribution in [1.82, 2.24) is 4.90 Å². The van der Waals surface area contributed by atoms with Crippen molar-refractivity contribution in [3.05, 3.63) is 0 Å². The van der Waals surface area contributed by atoms with Gasteiger partial charge in [0.2, 0.25) is 0 Å². The summed E-state index contributed by atoms with van der Waals surface area (Å²) < 4.78 is 5.31. The first kappa shape index (κ1) is 12.3. The molecule has 1 amide bonds. The minimum absolute atomic E-state index is 0.217. The third-order valence-electron chi connectivity index (χ3n) is 2.72. The molecule has 1 saturated heterocycles. The summed E-state index contributed by atoms with van der Waals surface area (Å²) in [6.07, 6.45) is -0.217. The predicted molar refractivity (Wildman–Crippen MR) is 59.5 cm³/mol. The van der Waals surface area contributed by atoms with Gasteiger partial charge in [-0.1, -0.05) is 6.92 Å². The van der Waals surface area contributed by atoms with E-state index in [1.54, 1.807) is 4.90 Å². The van der Waals surface area contributed by atoms with Crippen LogP contribution in [0.1, 0.15) is 27.7 Å². The van der Waals surface area contributed by atoms with Crippen LogP contribution in [0.2, 0.25) is 0 Å². The van der Waals surface area contributed by atoms with Gasteiger partial charge in [0, 0.05) is 13.1 Å². The quantitative estimate of drug-likeness (QED) is 0.718. The lowest BCUT2D eigenvalue weighted by Crippen LogP contribution is -2.35. The second kappa shape index (κ2) is 4.39. The fraction of sp³-hybridized carbons (Fsp3) is 0.909. The highest BCUT2D eigenvalue weighted by atomic mass is 16.6. The standard InChI is InChI=1S/C11H22N2O2/c1-8-6-13(7-9(8)5-12)10(14)15-11(2,3)4/h8-9H,5-7,12H2,1-4H3. The molecule has 0 aliphatic carbocycles. The van der Waals surface area contributed by atoms with Crippen molar-refractivity contribution in [1.29, 1.82) is 0 Å². The fourth-order valence-electron chi connectivity index (χ4n) is 1.82. The van der Waals surface area contributed by atoms with Crippen LogP contribution >= 0.6 is 0 Å². The van der Waals surface area contributed by atoms with Crippen LogP contribution in [0, 0.1) is 11.8 Å². The molecular weight excluding hydrogens is 192 g/mol. The van der Waals surface area contributed by atoms with Crippen molar-refractivity contribution in [2.45, 2.75) is 33.3 Å². The van der Waals surface area contributed by atoms with Gasteiger partial charge in [-0.05, 0) is 39.2 Å². The summed E-state index contributed by atoms with van der Waals surface area (Å²) in [7, 11) is 0. The summed E-state index contributed by atoms with van der Waals surface area (Å²) in [6, 6.07) is 0. The third kappa shape index (κ3) is 3.38.